The van der Waals surface area contributed by atoms with Crippen molar-refractivity contribution in [1.29, 1.82) is 0 Å². The smallest absolute Gasteiger partial charge is 0.233 e. The topological polar surface area (TPSA) is 106 Å². The molecule has 0 spiro atoms. The number of nitrogens with two attached hydrogens (primary N) is 1. The fourth-order valence-corrected chi connectivity index (χ4v) is 4.63. The third-order valence-electron chi connectivity index (χ3n) is 2.34. The maximum Gasteiger partial charge on any atom is 0.233 e. The summed E-state index contributed by atoms with van der Waals surface area (Å²) in [5.74, 6) is -0.923. The molecule has 0 bridgehead atoms. The highest BCUT2D eigenvalue weighted by Crippen LogP contribution is 2.28. The largest absolute Gasteiger partial charge is 0.398 e. The Labute approximate surface area is 121 Å². The van der Waals surface area contributed by atoms with Gasteiger partial charge in [0.15, 0.2) is 0 Å². The van der Waals surface area contributed by atoms with E-state index in [1.165, 1.54) is 6.07 Å². The molecule has 1 aromatic rings. The number of halogens is 1. The first-order chi connectivity index (χ1) is 8.50. The highest BCUT2D eigenvalue weighted by molar-refractivity contribution is 9.10. The molecule has 0 atom stereocenters. The Kier molecular flexibility index (Phi) is 4.86. The third-order valence-corrected chi connectivity index (χ3v) is 5.48. The van der Waals surface area contributed by atoms with Gasteiger partial charge in [0.25, 0.3) is 0 Å². The van der Waals surface area contributed by atoms with Crippen molar-refractivity contribution in [2.45, 2.75) is 6.92 Å². The van der Waals surface area contributed by atoms with E-state index in [0.29, 0.717) is 10.2 Å². The van der Waals surface area contributed by atoms with Crippen molar-refractivity contribution < 1.29 is 16.8 Å². The summed E-state index contributed by atoms with van der Waals surface area (Å²) in [5, 5.41) is 0. The molecule has 0 aliphatic heterocycles. The summed E-state index contributed by atoms with van der Waals surface area (Å²) in [6.45, 7) is 1.79. The molecule has 0 unspecified atom stereocenters. The number of anilines is 2. The van der Waals surface area contributed by atoms with E-state index < -0.39 is 31.4 Å². The van der Waals surface area contributed by atoms with E-state index in [1.54, 1.807) is 13.0 Å². The molecule has 0 saturated carbocycles. The van der Waals surface area contributed by atoms with Gasteiger partial charge in [0.05, 0.1) is 17.2 Å². The van der Waals surface area contributed by atoms with Crippen molar-refractivity contribution in [3.05, 3.63) is 22.2 Å². The molecule has 0 amide bonds. The molecule has 0 fully saturated rings. The normalized spacial score (nSPS) is 12.4. The lowest BCUT2D eigenvalue weighted by molar-refractivity contribution is 0.593. The Balaban J connectivity index is 2.93. The molecule has 1 aromatic carbocycles. The first-order valence-electron chi connectivity index (χ1n) is 5.24. The lowest BCUT2D eigenvalue weighted by Crippen LogP contribution is -2.22. The summed E-state index contributed by atoms with van der Waals surface area (Å²) in [6.07, 6.45) is 0.988. The molecule has 0 radical (unpaired) electrons. The molecule has 0 aliphatic carbocycles. The summed E-state index contributed by atoms with van der Waals surface area (Å²) in [5.41, 5.74) is 7.25. The molecule has 3 N–H and O–H groups in total. The zero-order valence-electron chi connectivity index (χ0n) is 10.5. The van der Waals surface area contributed by atoms with Gasteiger partial charge in [-0.25, -0.2) is 16.8 Å². The quantitative estimate of drug-likeness (QED) is 0.755. The van der Waals surface area contributed by atoms with Gasteiger partial charge < -0.3 is 5.73 Å². The molecule has 9 heteroatoms. The van der Waals surface area contributed by atoms with Crippen LogP contribution >= 0.6 is 15.9 Å². The molecule has 0 aliphatic rings. The minimum atomic E-state index is -3.73. The first kappa shape index (κ1) is 16.3. The first-order valence-corrected chi connectivity index (χ1v) is 9.74. The van der Waals surface area contributed by atoms with E-state index >= 15 is 0 Å². The number of sulfonamides is 1. The van der Waals surface area contributed by atoms with E-state index in [-0.39, 0.29) is 5.69 Å². The molecule has 108 valence electrons. The minimum absolute atomic E-state index is 0.289. The van der Waals surface area contributed by atoms with Gasteiger partial charge in [-0.05, 0) is 40.5 Å². The number of nitrogens with one attached hydrogen (secondary N) is 1. The summed E-state index contributed by atoms with van der Waals surface area (Å²) in [4.78, 5) is 0. The van der Waals surface area contributed by atoms with Crippen molar-refractivity contribution in [2.24, 2.45) is 0 Å². The van der Waals surface area contributed by atoms with E-state index in [1.807, 2.05) is 0 Å². The third kappa shape index (κ3) is 5.37. The maximum atomic E-state index is 11.8. The van der Waals surface area contributed by atoms with E-state index in [0.717, 1.165) is 11.8 Å². The van der Waals surface area contributed by atoms with Crippen LogP contribution in [0.2, 0.25) is 0 Å². The molecule has 19 heavy (non-hydrogen) atoms. The van der Waals surface area contributed by atoms with Crippen LogP contribution in [0.25, 0.3) is 0 Å². The molecular formula is C10H15BrN2O4S2. The number of nitrogen functional groups attached to an aromatic ring is 1. The summed E-state index contributed by atoms with van der Waals surface area (Å²) in [7, 11) is -7.06. The van der Waals surface area contributed by atoms with Crippen molar-refractivity contribution in [1.82, 2.24) is 0 Å². The number of aryl methyl sites for hydroxylation is 1. The molecule has 0 aromatic heterocycles. The molecule has 1 rings (SSSR count). The second-order valence-electron chi connectivity index (χ2n) is 4.24. The van der Waals surface area contributed by atoms with Crippen molar-refractivity contribution in [3.8, 4) is 0 Å². The van der Waals surface area contributed by atoms with Crippen molar-refractivity contribution in [2.75, 3.05) is 28.2 Å². The van der Waals surface area contributed by atoms with Crippen molar-refractivity contribution >= 4 is 47.2 Å². The molecule has 0 heterocycles. The average Bonchev–Trinajstić information content (AvgIpc) is 2.22. The van der Waals surface area contributed by atoms with Gasteiger partial charge in [0.1, 0.15) is 9.84 Å². The Morgan fingerprint density at radius 1 is 1.21 bits per heavy atom. The highest BCUT2D eigenvalue weighted by atomic mass is 79.9. The lowest BCUT2D eigenvalue weighted by atomic mass is 10.2. The van der Waals surface area contributed by atoms with Crippen LogP contribution in [0, 0.1) is 6.92 Å². The van der Waals surface area contributed by atoms with Crippen LogP contribution in [0.4, 0.5) is 11.4 Å². The van der Waals surface area contributed by atoms with Crippen LogP contribution in [0.15, 0.2) is 16.6 Å². The number of rotatable bonds is 5. The fourth-order valence-electron chi connectivity index (χ4n) is 1.25. The summed E-state index contributed by atoms with van der Waals surface area (Å²) >= 11 is 3.22. The second-order valence-corrected chi connectivity index (χ2v) is 9.20. The molecular weight excluding hydrogens is 356 g/mol. The average molecular weight is 371 g/mol. The Hall–Kier alpha value is -0.800. The van der Waals surface area contributed by atoms with Crippen LogP contribution in [0.3, 0.4) is 0 Å². The lowest BCUT2D eigenvalue weighted by Gasteiger charge is -2.11. The van der Waals surface area contributed by atoms with Crippen LogP contribution in [0.5, 0.6) is 0 Å². The van der Waals surface area contributed by atoms with Gasteiger partial charge in [-0.15, -0.1) is 0 Å². The zero-order chi connectivity index (χ0) is 14.8. The van der Waals surface area contributed by atoms with E-state index in [4.69, 9.17) is 5.73 Å². The Bertz CT molecular complexity index is 684. The predicted molar refractivity (Wildman–Crippen MR) is 80.4 cm³/mol. The second kappa shape index (κ2) is 5.68. The molecule has 6 nitrogen and oxygen atoms in total. The SMILES string of the molecule is Cc1cc(Br)c(NS(=O)(=O)CCS(C)(=O)=O)cc1N. The Morgan fingerprint density at radius 2 is 1.79 bits per heavy atom. The van der Waals surface area contributed by atoms with Gasteiger partial charge in [-0.1, -0.05) is 0 Å². The monoisotopic (exact) mass is 370 g/mol. The van der Waals surface area contributed by atoms with Gasteiger partial charge in [-0.2, -0.15) is 0 Å². The maximum absolute atomic E-state index is 11.8. The van der Waals surface area contributed by atoms with Gasteiger partial charge >= 0.3 is 0 Å². The van der Waals surface area contributed by atoms with E-state index in [2.05, 4.69) is 20.7 Å². The van der Waals surface area contributed by atoms with Gasteiger partial charge in [0.2, 0.25) is 10.0 Å². The van der Waals surface area contributed by atoms with Crippen LogP contribution in [0.1, 0.15) is 5.56 Å². The summed E-state index contributed by atoms with van der Waals surface area (Å²) < 4.78 is 48.3. The fraction of sp³-hybridized carbons (Fsp3) is 0.400. The van der Waals surface area contributed by atoms with E-state index in [9.17, 15) is 16.8 Å². The van der Waals surface area contributed by atoms with Gasteiger partial charge in [-0.3, -0.25) is 4.72 Å². The number of sulfone groups is 1. The minimum Gasteiger partial charge on any atom is -0.398 e. The molecule has 0 saturated heterocycles. The predicted octanol–water partition coefficient (Wildman–Crippen LogP) is 1.13. The van der Waals surface area contributed by atoms with Crippen LogP contribution in [-0.2, 0) is 19.9 Å². The highest BCUT2D eigenvalue weighted by Gasteiger charge is 2.16. The van der Waals surface area contributed by atoms with Gasteiger partial charge in [0, 0.05) is 16.4 Å². The van der Waals surface area contributed by atoms with Crippen LogP contribution < -0.4 is 10.5 Å². The summed E-state index contributed by atoms with van der Waals surface area (Å²) in [6, 6.07) is 3.17. The zero-order valence-corrected chi connectivity index (χ0v) is 13.7. The Morgan fingerprint density at radius 3 is 2.32 bits per heavy atom. The standard InChI is InChI=1S/C10H15BrN2O4S2/c1-7-5-8(11)10(6-9(7)12)13-19(16,17)4-3-18(2,14)15/h5-6,13H,3-4,12H2,1-2H3. The van der Waals surface area contributed by atoms with Crippen LogP contribution in [-0.4, -0.2) is 34.6 Å². The number of hydrogen-bond donors (Lipinski definition) is 2. The number of hydrogen-bond acceptors (Lipinski definition) is 5. The number of benzene rings is 1. The van der Waals surface area contributed by atoms with Crippen molar-refractivity contribution in [3.63, 3.8) is 0 Å².